The number of hydrogen-bond acceptors (Lipinski definition) is 2. The van der Waals surface area contributed by atoms with E-state index in [0.717, 1.165) is 23.8 Å². The number of hydrogen-bond donors (Lipinski definition) is 1. The molecule has 1 saturated carbocycles. The Hall–Kier alpha value is -1.02. The molecule has 1 aliphatic carbocycles. The zero-order chi connectivity index (χ0) is 10.7. The van der Waals surface area contributed by atoms with Crippen LogP contribution in [0.5, 0.6) is 5.75 Å². The van der Waals surface area contributed by atoms with Gasteiger partial charge < -0.3 is 10.5 Å². The fourth-order valence-corrected chi connectivity index (χ4v) is 1.74. The summed E-state index contributed by atoms with van der Waals surface area (Å²) in [5.74, 6) is 1.75. The predicted molar refractivity (Wildman–Crippen MR) is 61.9 cm³/mol. The second-order valence-corrected chi connectivity index (χ2v) is 4.47. The summed E-state index contributed by atoms with van der Waals surface area (Å²) in [7, 11) is 0. The summed E-state index contributed by atoms with van der Waals surface area (Å²) < 4.78 is 5.70. The lowest BCUT2D eigenvalue weighted by molar-refractivity contribution is 0.180. The van der Waals surface area contributed by atoms with Crippen LogP contribution in [0.4, 0.5) is 0 Å². The van der Waals surface area contributed by atoms with E-state index in [4.69, 9.17) is 10.5 Å². The molecule has 0 radical (unpaired) electrons. The molecule has 2 N–H and O–H groups in total. The molecule has 2 nitrogen and oxygen atoms in total. The third-order valence-electron chi connectivity index (χ3n) is 3.12. The second-order valence-electron chi connectivity index (χ2n) is 4.47. The third kappa shape index (κ3) is 2.72. The van der Waals surface area contributed by atoms with E-state index in [9.17, 15) is 0 Å². The van der Waals surface area contributed by atoms with Gasteiger partial charge in [0.25, 0.3) is 0 Å². The molecule has 0 amide bonds. The van der Waals surface area contributed by atoms with Crippen LogP contribution in [0.15, 0.2) is 24.3 Å². The smallest absolute Gasteiger partial charge is 0.119 e. The van der Waals surface area contributed by atoms with Crippen molar-refractivity contribution in [2.24, 2.45) is 11.7 Å². The minimum atomic E-state index is 0.102. The maximum absolute atomic E-state index is 5.78. The van der Waals surface area contributed by atoms with E-state index in [-0.39, 0.29) is 6.04 Å². The molecule has 0 aromatic heterocycles. The lowest BCUT2D eigenvalue weighted by atomic mass is 9.86. The Morgan fingerprint density at radius 1 is 1.33 bits per heavy atom. The molecule has 1 fully saturated rings. The molecule has 1 atom stereocenters. The first-order valence-electron chi connectivity index (χ1n) is 5.74. The Morgan fingerprint density at radius 2 is 2.00 bits per heavy atom. The van der Waals surface area contributed by atoms with Crippen LogP contribution in [0.3, 0.4) is 0 Å². The largest absolute Gasteiger partial charge is 0.493 e. The van der Waals surface area contributed by atoms with Crippen LogP contribution in [-0.4, -0.2) is 6.61 Å². The van der Waals surface area contributed by atoms with E-state index < -0.39 is 0 Å². The second kappa shape index (κ2) is 4.67. The summed E-state index contributed by atoms with van der Waals surface area (Å²) in [6.45, 7) is 2.86. The summed E-state index contributed by atoms with van der Waals surface area (Å²) in [5.41, 5.74) is 6.93. The van der Waals surface area contributed by atoms with Crippen LogP contribution < -0.4 is 10.5 Å². The highest BCUT2D eigenvalue weighted by atomic mass is 16.5. The van der Waals surface area contributed by atoms with Crippen LogP contribution in [-0.2, 0) is 0 Å². The molecule has 0 unspecified atom stereocenters. The summed E-state index contributed by atoms with van der Waals surface area (Å²) in [4.78, 5) is 0. The van der Waals surface area contributed by atoms with Crippen molar-refractivity contribution in [2.45, 2.75) is 32.2 Å². The molecule has 0 heterocycles. The highest BCUT2D eigenvalue weighted by Crippen LogP contribution is 2.27. The molecule has 15 heavy (non-hydrogen) atoms. The van der Waals surface area contributed by atoms with E-state index in [1.807, 2.05) is 31.2 Å². The van der Waals surface area contributed by atoms with Crippen LogP contribution in [0.25, 0.3) is 0 Å². The van der Waals surface area contributed by atoms with Crippen LogP contribution in [0.2, 0.25) is 0 Å². The molecule has 0 saturated heterocycles. The highest BCUT2D eigenvalue weighted by molar-refractivity contribution is 5.28. The Kier molecular flexibility index (Phi) is 3.27. The van der Waals surface area contributed by atoms with Gasteiger partial charge in [-0.05, 0) is 43.4 Å². The number of nitrogens with two attached hydrogens (primary N) is 1. The normalized spacial score (nSPS) is 18.3. The fourth-order valence-electron chi connectivity index (χ4n) is 1.74. The molecule has 1 aliphatic rings. The van der Waals surface area contributed by atoms with E-state index >= 15 is 0 Å². The fraction of sp³-hybridized carbons (Fsp3) is 0.538. The molecule has 2 rings (SSSR count). The van der Waals surface area contributed by atoms with E-state index in [0.29, 0.717) is 0 Å². The number of ether oxygens (including phenoxy) is 1. The van der Waals surface area contributed by atoms with Crippen molar-refractivity contribution in [3.63, 3.8) is 0 Å². The van der Waals surface area contributed by atoms with Gasteiger partial charge in [0.1, 0.15) is 5.75 Å². The summed E-state index contributed by atoms with van der Waals surface area (Å²) in [5, 5.41) is 0. The van der Waals surface area contributed by atoms with Crippen LogP contribution in [0.1, 0.15) is 37.8 Å². The molecule has 82 valence electrons. The molecule has 1 aromatic rings. The maximum atomic E-state index is 5.78. The summed E-state index contributed by atoms with van der Waals surface area (Å²) in [6, 6.07) is 8.21. The van der Waals surface area contributed by atoms with Gasteiger partial charge in [0.2, 0.25) is 0 Å². The number of benzene rings is 1. The average molecular weight is 205 g/mol. The van der Waals surface area contributed by atoms with E-state index in [2.05, 4.69) is 0 Å². The van der Waals surface area contributed by atoms with E-state index in [1.54, 1.807) is 0 Å². The summed E-state index contributed by atoms with van der Waals surface area (Å²) >= 11 is 0. The first-order valence-corrected chi connectivity index (χ1v) is 5.74. The Morgan fingerprint density at radius 3 is 2.47 bits per heavy atom. The van der Waals surface area contributed by atoms with Gasteiger partial charge in [0.15, 0.2) is 0 Å². The van der Waals surface area contributed by atoms with Crippen molar-refractivity contribution >= 4 is 0 Å². The van der Waals surface area contributed by atoms with Gasteiger partial charge in [0.05, 0.1) is 6.61 Å². The van der Waals surface area contributed by atoms with Crippen molar-refractivity contribution in [1.29, 1.82) is 0 Å². The van der Waals surface area contributed by atoms with Crippen LogP contribution in [0, 0.1) is 5.92 Å². The molecule has 0 aliphatic heterocycles. The molecule has 2 heteroatoms. The van der Waals surface area contributed by atoms with Crippen molar-refractivity contribution in [1.82, 2.24) is 0 Å². The van der Waals surface area contributed by atoms with Crippen molar-refractivity contribution in [3.8, 4) is 5.75 Å². The first kappa shape index (κ1) is 10.5. The Bertz CT molecular complexity index is 301. The molecule has 0 bridgehead atoms. The maximum Gasteiger partial charge on any atom is 0.119 e. The van der Waals surface area contributed by atoms with Crippen molar-refractivity contribution < 1.29 is 4.74 Å². The Balaban J connectivity index is 1.86. The lowest BCUT2D eigenvalue weighted by Crippen LogP contribution is -2.19. The Labute approximate surface area is 91.4 Å². The average Bonchev–Trinajstić information content (AvgIpc) is 2.16. The number of rotatable bonds is 4. The van der Waals surface area contributed by atoms with Crippen molar-refractivity contribution in [3.05, 3.63) is 29.8 Å². The summed E-state index contributed by atoms with van der Waals surface area (Å²) in [6.07, 6.45) is 4.04. The van der Waals surface area contributed by atoms with Gasteiger partial charge >= 0.3 is 0 Å². The van der Waals surface area contributed by atoms with Crippen molar-refractivity contribution in [2.75, 3.05) is 6.61 Å². The quantitative estimate of drug-likeness (QED) is 0.820. The van der Waals surface area contributed by atoms with Gasteiger partial charge in [-0.15, -0.1) is 0 Å². The minimum absolute atomic E-state index is 0.102. The minimum Gasteiger partial charge on any atom is -0.493 e. The molecule has 0 spiro atoms. The van der Waals surface area contributed by atoms with Gasteiger partial charge in [-0.1, -0.05) is 18.6 Å². The van der Waals surface area contributed by atoms with E-state index in [1.165, 1.54) is 19.3 Å². The third-order valence-corrected chi connectivity index (χ3v) is 3.12. The predicted octanol–water partition coefficient (Wildman–Crippen LogP) is 2.89. The van der Waals surface area contributed by atoms with Gasteiger partial charge in [-0.25, -0.2) is 0 Å². The zero-order valence-corrected chi connectivity index (χ0v) is 9.28. The van der Waals surface area contributed by atoms with Gasteiger partial charge in [-0.3, -0.25) is 0 Å². The SMILES string of the molecule is C[C@@H](N)c1ccc(OCC2CCC2)cc1. The lowest BCUT2D eigenvalue weighted by Gasteiger charge is -2.25. The van der Waals surface area contributed by atoms with Gasteiger partial charge in [-0.2, -0.15) is 0 Å². The van der Waals surface area contributed by atoms with Gasteiger partial charge in [0, 0.05) is 6.04 Å². The first-order chi connectivity index (χ1) is 7.25. The molecular weight excluding hydrogens is 186 g/mol. The van der Waals surface area contributed by atoms with Crippen LogP contribution >= 0.6 is 0 Å². The highest BCUT2D eigenvalue weighted by Gasteiger charge is 2.17. The molecule has 1 aromatic carbocycles. The zero-order valence-electron chi connectivity index (χ0n) is 9.28. The molecular formula is C13H19NO. The standard InChI is InChI=1S/C13H19NO/c1-10(14)12-5-7-13(8-6-12)15-9-11-3-2-4-11/h5-8,10-11H,2-4,9,14H2,1H3/t10-/m1/s1. The topological polar surface area (TPSA) is 35.2 Å². The monoisotopic (exact) mass is 205 g/mol.